The number of phenols is 1. The van der Waals surface area contributed by atoms with Gasteiger partial charge in [-0.3, -0.25) is 9.20 Å². The number of carbonyl (C=O) groups is 1. The molecule has 23 heavy (non-hydrogen) atoms. The van der Waals surface area contributed by atoms with Gasteiger partial charge in [0.05, 0.1) is 5.69 Å². The summed E-state index contributed by atoms with van der Waals surface area (Å²) in [5.74, 6) is -0.506. The second-order valence-corrected chi connectivity index (χ2v) is 5.29. The fourth-order valence-electron chi connectivity index (χ4n) is 2.48. The van der Waals surface area contributed by atoms with Gasteiger partial charge >= 0.3 is 0 Å². The topological polar surface area (TPSA) is 66.6 Å². The van der Waals surface area contributed by atoms with Crippen molar-refractivity contribution in [2.75, 3.05) is 6.54 Å². The van der Waals surface area contributed by atoms with Crippen molar-refractivity contribution in [2.24, 2.45) is 0 Å². The standard InChI is InChI=1S/C17H16FN3O2/c1-11-16(21-10-13(18)4-7-15(21)20-11)17(23)19-9-8-12-2-5-14(22)6-3-12/h2-7,10,22H,8-9H2,1H3,(H,19,23). The lowest BCUT2D eigenvalue weighted by Crippen LogP contribution is -2.27. The number of aryl methyl sites for hydroxylation is 1. The Morgan fingerprint density at radius 2 is 2.00 bits per heavy atom. The number of aromatic hydroxyl groups is 1. The van der Waals surface area contributed by atoms with Crippen LogP contribution in [0, 0.1) is 12.7 Å². The molecule has 0 saturated carbocycles. The van der Waals surface area contributed by atoms with Gasteiger partial charge in [-0.2, -0.15) is 0 Å². The number of amides is 1. The predicted octanol–water partition coefficient (Wildman–Crippen LogP) is 2.46. The number of hydrogen-bond donors (Lipinski definition) is 2. The van der Waals surface area contributed by atoms with Crippen molar-refractivity contribution in [3.8, 4) is 5.75 Å². The third kappa shape index (κ3) is 3.15. The largest absolute Gasteiger partial charge is 0.508 e. The molecule has 3 rings (SSSR count). The lowest BCUT2D eigenvalue weighted by atomic mass is 10.1. The van der Waals surface area contributed by atoms with E-state index < -0.39 is 5.82 Å². The Labute approximate surface area is 132 Å². The maximum atomic E-state index is 13.4. The summed E-state index contributed by atoms with van der Waals surface area (Å²) < 4.78 is 14.9. The molecule has 0 spiro atoms. The van der Waals surface area contributed by atoms with E-state index in [0.717, 1.165) is 5.56 Å². The lowest BCUT2D eigenvalue weighted by molar-refractivity contribution is 0.0947. The van der Waals surface area contributed by atoms with Crippen LogP contribution < -0.4 is 5.32 Å². The monoisotopic (exact) mass is 313 g/mol. The minimum atomic E-state index is -0.423. The Hall–Kier alpha value is -2.89. The number of nitrogens with one attached hydrogen (secondary N) is 1. The molecular weight excluding hydrogens is 297 g/mol. The highest BCUT2D eigenvalue weighted by molar-refractivity contribution is 5.94. The molecule has 0 radical (unpaired) electrons. The van der Waals surface area contributed by atoms with Crippen molar-refractivity contribution in [3.05, 3.63) is 65.4 Å². The van der Waals surface area contributed by atoms with Crippen molar-refractivity contribution in [1.29, 1.82) is 0 Å². The first-order chi connectivity index (χ1) is 11.0. The summed E-state index contributed by atoms with van der Waals surface area (Å²) in [6.45, 7) is 2.16. The first-order valence-electron chi connectivity index (χ1n) is 7.25. The Kier molecular flexibility index (Phi) is 3.97. The summed E-state index contributed by atoms with van der Waals surface area (Å²) in [6, 6.07) is 9.67. The SMILES string of the molecule is Cc1nc2ccc(F)cn2c1C(=O)NCCc1ccc(O)cc1. The van der Waals surface area contributed by atoms with Gasteiger partial charge in [0.15, 0.2) is 0 Å². The van der Waals surface area contributed by atoms with Gasteiger partial charge in [0, 0.05) is 12.7 Å². The van der Waals surface area contributed by atoms with Crippen LogP contribution >= 0.6 is 0 Å². The molecule has 1 aromatic carbocycles. The van der Waals surface area contributed by atoms with Crippen LogP contribution in [0.3, 0.4) is 0 Å². The first-order valence-corrected chi connectivity index (χ1v) is 7.25. The number of phenolic OH excluding ortho intramolecular Hbond substituents is 1. The molecule has 6 heteroatoms. The van der Waals surface area contributed by atoms with E-state index in [-0.39, 0.29) is 11.7 Å². The molecule has 0 aliphatic heterocycles. The van der Waals surface area contributed by atoms with E-state index in [2.05, 4.69) is 10.3 Å². The van der Waals surface area contributed by atoms with Crippen LogP contribution in [0.15, 0.2) is 42.6 Å². The zero-order chi connectivity index (χ0) is 16.4. The number of carbonyl (C=O) groups excluding carboxylic acids is 1. The summed E-state index contributed by atoms with van der Waals surface area (Å²) >= 11 is 0. The Balaban J connectivity index is 1.72. The maximum absolute atomic E-state index is 13.4. The van der Waals surface area contributed by atoms with E-state index in [4.69, 9.17) is 0 Å². The van der Waals surface area contributed by atoms with Gasteiger partial charge in [0.2, 0.25) is 0 Å². The van der Waals surface area contributed by atoms with Gasteiger partial charge in [0.1, 0.15) is 22.9 Å². The van der Waals surface area contributed by atoms with Gasteiger partial charge in [-0.25, -0.2) is 9.37 Å². The number of benzene rings is 1. The van der Waals surface area contributed by atoms with Gasteiger partial charge in [-0.05, 0) is 43.2 Å². The van der Waals surface area contributed by atoms with Crippen molar-refractivity contribution in [1.82, 2.24) is 14.7 Å². The predicted molar refractivity (Wildman–Crippen MR) is 84.0 cm³/mol. The Bertz CT molecular complexity index is 856. The van der Waals surface area contributed by atoms with Crippen LogP contribution in [-0.2, 0) is 6.42 Å². The molecule has 0 bridgehead atoms. The molecule has 0 fully saturated rings. The smallest absolute Gasteiger partial charge is 0.270 e. The molecule has 5 nitrogen and oxygen atoms in total. The van der Waals surface area contributed by atoms with Crippen LogP contribution in [0.5, 0.6) is 5.75 Å². The van der Waals surface area contributed by atoms with Gasteiger partial charge < -0.3 is 10.4 Å². The van der Waals surface area contributed by atoms with E-state index in [0.29, 0.717) is 30.0 Å². The number of hydrogen-bond acceptors (Lipinski definition) is 3. The summed E-state index contributed by atoms with van der Waals surface area (Å²) in [5.41, 5.74) is 2.43. The quantitative estimate of drug-likeness (QED) is 0.777. The molecule has 0 aliphatic rings. The van der Waals surface area contributed by atoms with Crippen LogP contribution in [0.1, 0.15) is 21.7 Å². The average molecular weight is 313 g/mol. The molecular formula is C17H16FN3O2. The first kappa shape index (κ1) is 15.0. The zero-order valence-electron chi connectivity index (χ0n) is 12.6. The van der Waals surface area contributed by atoms with Crippen LogP contribution in [0.2, 0.25) is 0 Å². The van der Waals surface area contributed by atoms with Crippen molar-refractivity contribution in [2.45, 2.75) is 13.3 Å². The lowest BCUT2D eigenvalue weighted by Gasteiger charge is -2.06. The molecule has 2 aromatic heterocycles. The number of pyridine rings is 1. The minimum Gasteiger partial charge on any atom is -0.508 e. The second kappa shape index (κ2) is 6.08. The van der Waals surface area contributed by atoms with Crippen molar-refractivity contribution < 1.29 is 14.3 Å². The highest BCUT2D eigenvalue weighted by atomic mass is 19.1. The number of fused-ring (bicyclic) bond motifs is 1. The minimum absolute atomic E-state index is 0.209. The Morgan fingerprint density at radius 3 is 2.74 bits per heavy atom. The molecule has 1 amide bonds. The molecule has 118 valence electrons. The molecule has 3 aromatic rings. The van der Waals surface area contributed by atoms with Crippen molar-refractivity contribution in [3.63, 3.8) is 0 Å². The third-order valence-corrected chi connectivity index (χ3v) is 3.61. The number of nitrogens with zero attached hydrogens (tertiary/aromatic N) is 2. The molecule has 0 atom stereocenters. The van der Waals surface area contributed by atoms with Gasteiger partial charge in [-0.15, -0.1) is 0 Å². The van der Waals surface area contributed by atoms with Crippen LogP contribution in [0.25, 0.3) is 5.65 Å². The average Bonchev–Trinajstić information content (AvgIpc) is 2.84. The van der Waals surface area contributed by atoms with Gasteiger partial charge in [-0.1, -0.05) is 12.1 Å². The summed E-state index contributed by atoms with van der Waals surface area (Å²) in [4.78, 5) is 16.6. The van der Waals surface area contributed by atoms with E-state index >= 15 is 0 Å². The summed E-state index contributed by atoms with van der Waals surface area (Å²) in [6.07, 6.45) is 1.89. The van der Waals surface area contributed by atoms with E-state index in [1.807, 2.05) is 0 Å². The second-order valence-electron chi connectivity index (χ2n) is 5.29. The van der Waals surface area contributed by atoms with Crippen LogP contribution in [-0.4, -0.2) is 26.9 Å². The fourth-order valence-corrected chi connectivity index (χ4v) is 2.48. The van der Waals surface area contributed by atoms with Crippen LogP contribution in [0.4, 0.5) is 4.39 Å². The maximum Gasteiger partial charge on any atom is 0.270 e. The van der Waals surface area contributed by atoms with Gasteiger partial charge in [0.25, 0.3) is 5.91 Å². The highest BCUT2D eigenvalue weighted by Crippen LogP contribution is 2.13. The molecule has 0 unspecified atom stereocenters. The summed E-state index contributed by atoms with van der Waals surface area (Å²) in [7, 11) is 0. The van der Waals surface area contributed by atoms with E-state index in [1.54, 1.807) is 31.2 Å². The highest BCUT2D eigenvalue weighted by Gasteiger charge is 2.16. The molecule has 2 heterocycles. The molecule has 0 aliphatic carbocycles. The zero-order valence-corrected chi connectivity index (χ0v) is 12.6. The van der Waals surface area contributed by atoms with E-state index in [1.165, 1.54) is 22.7 Å². The number of rotatable bonds is 4. The van der Waals surface area contributed by atoms with E-state index in [9.17, 15) is 14.3 Å². The number of imidazole rings is 1. The molecule has 2 N–H and O–H groups in total. The number of aromatic nitrogens is 2. The normalized spacial score (nSPS) is 10.9. The molecule has 0 saturated heterocycles. The third-order valence-electron chi connectivity index (χ3n) is 3.61. The Morgan fingerprint density at radius 1 is 1.26 bits per heavy atom. The number of halogens is 1. The van der Waals surface area contributed by atoms with Crippen molar-refractivity contribution >= 4 is 11.6 Å². The fraction of sp³-hybridized carbons (Fsp3) is 0.176. The summed E-state index contributed by atoms with van der Waals surface area (Å²) in [5, 5.41) is 12.1.